The van der Waals surface area contributed by atoms with Crippen molar-refractivity contribution in [1.82, 2.24) is 5.32 Å². The van der Waals surface area contributed by atoms with Gasteiger partial charge in [0.05, 0.1) is 16.1 Å². The van der Waals surface area contributed by atoms with Gasteiger partial charge in [-0.1, -0.05) is 23.2 Å². The summed E-state index contributed by atoms with van der Waals surface area (Å²) in [6, 6.07) is 10.2. The van der Waals surface area contributed by atoms with Crippen LogP contribution in [0.25, 0.3) is 0 Å². The first kappa shape index (κ1) is 24.4. The van der Waals surface area contributed by atoms with E-state index in [2.05, 4.69) is 15.5 Å². The van der Waals surface area contributed by atoms with Crippen LogP contribution in [0.3, 0.4) is 0 Å². The van der Waals surface area contributed by atoms with E-state index in [9.17, 15) is 9.59 Å². The second kappa shape index (κ2) is 12.1. The van der Waals surface area contributed by atoms with Gasteiger partial charge in [-0.15, -0.1) is 0 Å². The average Bonchev–Trinajstić information content (AvgIpc) is 2.79. The molecule has 8 heteroatoms. The van der Waals surface area contributed by atoms with Gasteiger partial charge in [-0.05, 0) is 69.0 Å². The third-order valence-corrected chi connectivity index (χ3v) is 5.87. The number of halogens is 2. The largest absolute Gasteiger partial charge is 0.382 e. The summed E-state index contributed by atoms with van der Waals surface area (Å²) < 4.78 is 5.34. The van der Waals surface area contributed by atoms with Crippen LogP contribution < -0.4 is 15.5 Å². The van der Waals surface area contributed by atoms with E-state index in [-0.39, 0.29) is 16.8 Å². The van der Waals surface area contributed by atoms with Crippen LogP contribution in [0.1, 0.15) is 53.3 Å². The molecule has 32 heavy (non-hydrogen) atoms. The minimum absolute atomic E-state index is 0.164. The number of benzene rings is 2. The van der Waals surface area contributed by atoms with Crippen LogP contribution in [0.15, 0.2) is 36.4 Å². The molecule has 6 nitrogen and oxygen atoms in total. The van der Waals surface area contributed by atoms with Crippen molar-refractivity contribution < 1.29 is 14.3 Å². The molecule has 0 radical (unpaired) electrons. The molecule has 1 aliphatic rings. The van der Waals surface area contributed by atoms with Crippen molar-refractivity contribution >= 4 is 46.4 Å². The van der Waals surface area contributed by atoms with E-state index in [0.717, 1.165) is 38.0 Å². The molecule has 0 atom stereocenters. The quantitative estimate of drug-likeness (QED) is 0.474. The van der Waals surface area contributed by atoms with Gasteiger partial charge in [-0.25, -0.2) is 0 Å². The zero-order chi connectivity index (χ0) is 22.9. The summed E-state index contributed by atoms with van der Waals surface area (Å²) in [5.41, 5.74) is 2.28. The van der Waals surface area contributed by atoms with Gasteiger partial charge in [0.15, 0.2) is 0 Å². The molecule has 0 aromatic heterocycles. The van der Waals surface area contributed by atoms with Crippen molar-refractivity contribution in [2.75, 3.05) is 43.1 Å². The van der Waals surface area contributed by atoms with Crippen LogP contribution in [0.5, 0.6) is 0 Å². The van der Waals surface area contributed by atoms with Crippen molar-refractivity contribution in [3.63, 3.8) is 0 Å². The Morgan fingerprint density at radius 3 is 2.50 bits per heavy atom. The van der Waals surface area contributed by atoms with Crippen molar-refractivity contribution in [2.45, 2.75) is 32.6 Å². The Hall–Kier alpha value is -2.28. The second-order valence-corrected chi connectivity index (χ2v) is 8.51. The summed E-state index contributed by atoms with van der Waals surface area (Å²) in [4.78, 5) is 28.0. The number of carbonyl (C=O) groups is 2. The molecule has 2 N–H and O–H groups in total. The molecule has 0 aliphatic carbocycles. The lowest BCUT2D eigenvalue weighted by Gasteiger charge is -2.30. The first-order chi connectivity index (χ1) is 15.5. The summed E-state index contributed by atoms with van der Waals surface area (Å²) in [6.07, 6.45) is 4.14. The maximum absolute atomic E-state index is 13.0. The third kappa shape index (κ3) is 6.61. The molecule has 1 fully saturated rings. The van der Waals surface area contributed by atoms with Crippen LogP contribution in [-0.2, 0) is 4.74 Å². The van der Waals surface area contributed by atoms with E-state index in [4.69, 9.17) is 27.9 Å². The molecule has 172 valence electrons. The third-order valence-electron chi connectivity index (χ3n) is 5.33. The Bertz CT molecular complexity index is 946. The maximum Gasteiger partial charge on any atom is 0.257 e. The van der Waals surface area contributed by atoms with Gasteiger partial charge >= 0.3 is 0 Å². The zero-order valence-corrected chi connectivity index (χ0v) is 19.8. The van der Waals surface area contributed by atoms with Crippen LogP contribution >= 0.6 is 23.2 Å². The van der Waals surface area contributed by atoms with Gasteiger partial charge in [0.1, 0.15) is 0 Å². The van der Waals surface area contributed by atoms with Gasteiger partial charge in [-0.3, -0.25) is 9.59 Å². The fourth-order valence-corrected chi connectivity index (χ4v) is 4.19. The Labute approximate surface area is 199 Å². The number of hydrogen-bond donors (Lipinski definition) is 2. The summed E-state index contributed by atoms with van der Waals surface area (Å²) in [5, 5.41) is 6.54. The average molecular weight is 478 g/mol. The van der Waals surface area contributed by atoms with Crippen LogP contribution in [0, 0.1) is 0 Å². The SMILES string of the molecule is CCOCCCNC(=O)c1cc(NC(=O)c2ccc(Cl)cc2Cl)ccc1N1CCCCC1. The van der Waals surface area contributed by atoms with Gasteiger partial charge in [0.2, 0.25) is 0 Å². The number of carbonyl (C=O) groups excluding carboxylic acids is 2. The molecule has 2 aromatic rings. The Morgan fingerprint density at radius 1 is 1.00 bits per heavy atom. The van der Waals surface area contributed by atoms with E-state index < -0.39 is 0 Å². The normalized spacial score (nSPS) is 13.7. The summed E-state index contributed by atoms with van der Waals surface area (Å²) in [5.74, 6) is -0.525. The predicted octanol–water partition coefficient (Wildman–Crippen LogP) is 5.39. The molecular weight excluding hydrogens is 449 g/mol. The predicted molar refractivity (Wildman–Crippen MR) is 130 cm³/mol. The highest BCUT2D eigenvalue weighted by molar-refractivity contribution is 6.37. The number of hydrogen-bond acceptors (Lipinski definition) is 4. The first-order valence-corrected chi connectivity index (χ1v) is 11.8. The maximum atomic E-state index is 13.0. The number of anilines is 2. The Kier molecular flexibility index (Phi) is 9.21. The van der Waals surface area contributed by atoms with Crippen molar-refractivity contribution in [2.24, 2.45) is 0 Å². The highest BCUT2D eigenvalue weighted by Gasteiger charge is 2.20. The molecule has 1 aliphatic heterocycles. The molecule has 0 saturated carbocycles. The minimum atomic E-state index is -0.361. The standard InChI is InChI=1S/C24H29Cl2N3O3/c1-2-32-14-6-11-27-23(30)20-16-18(8-10-22(20)29-12-4-3-5-13-29)28-24(31)19-9-7-17(25)15-21(19)26/h7-10,15-16H,2-6,11-14H2,1H3,(H,27,30)(H,28,31). The summed E-state index contributed by atoms with van der Waals surface area (Å²) in [6.45, 7) is 5.56. The minimum Gasteiger partial charge on any atom is -0.382 e. The van der Waals surface area contributed by atoms with Gasteiger partial charge in [0, 0.05) is 49.2 Å². The zero-order valence-electron chi connectivity index (χ0n) is 18.3. The highest BCUT2D eigenvalue weighted by Crippen LogP contribution is 2.28. The lowest BCUT2D eigenvalue weighted by Crippen LogP contribution is -2.33. The molecule has 1 saturated heterocycles. The van der Waals surface area contributed by atoms with Crippen molar-refractivity contribution in [3.05, 3.63) is 57.6 Å². The van der Waals surface area contributed by atoms with Crippen molar-refractivity contribution in [1.29, 1.82) is 0 Å². The molecule has 0 unspecified atom stereocenters. The Balaban J connectivity index is 1.79. The van der Waals surface area contributed by atoms with E-state index in [0.29, 0.717) is 41.6 Å². The van der Waals surface area contributed by atoms with Gasteiger partial charge in [0.25, 0.3) is 11.8 Å². The van der Waals surface area contributed by atoms with Gasteiger partial charge in [-0.2, -0.15) is 0 Å². The number of amides is 2. The van der Waals surface area contributed by atoms with E-state index in [1.165, 1.54) is 12.5 Å². The fourth-order valence-electron chi connectivity index (χ4n) is 3.69. The first-order valence-electron chi connectivity index (χ1n) is 11.0. The van der Waals surface area contributed by atoms with Crippen LogP contribution in [-0.4, -0.2) is 44.7 Å². The Morgan fingerprint density at radius 2 is 1.78 bits per heavy atom. The molecule has 2 amide bonds. The molecule has 2 aromatic carbocycles. The summed E-state index contributed by atoms with van der Waals surface area (Å²) >= 11 is 12.1. The number of nitrogens with zero attached hydrogens (tertiary/aromatic N) is 1. The fraction of sp³-hybridized carbons (Fsp3) is 0.417. The van der Waals surface area contributed by atoms with Crippen molar-refractivity contribution in [3.8, 4) is 0 Å². The number of nitrogens with one attached hydrogen (secondary N) is 2. The lowest BCUT2D eigenvalue weighted by atomic mass is 10.1. The van der Waals surface area contributed by atoms with Crippen LogP contribution in [0.4, 0.5) is 11.4 Å². The van der Waals surface area contributed by atoms with Crippen LogP contribution in [0.2, 0.25) is 10.0 Å². The van der Waals surface area contributed by atoms with E-state index in [1.807, 2.05) is 19.1 Å². The summed E-state index contributed by atoms with van der Waals surface area (Å²) in [7, 11) is 0. The molecule has 0 bridgehead atoms. The lowest BCUT2D eigenvalue weighted by molar-refractivity contribution is 0.0943. The van der Waals surface area contributed by atoms with E-state index in [1.54, 1.807) is 18.2 Å². The van der Waals surface area contributed by atoms with E-state index >= 15 is 0 Å². The molecule has 3 rings (SSSR count). The molecular formula is C24H29Cl2N3O3. The monoisotopic (exact) mass is 477 g/mol. The van der Waals surface area contributed by atoms with Gasteiger partial charge < -0.3 is 20.3 Å². The second-order valence-electron chi connectivity index (χ2n) is 7.66. The highest BCUT2D eigenvalue weighted by atomic mass is 35.5. The number of rotatable bonds is 9. The molecule has 0 spiro atoms. The smallest absolute Gasteiger partial charge is 0.257 e. The topological polar surface area (TPSA) is 70.7 Å². The molecule has 1 heterocycles. The number of piperidine rings is 1. The number of ether oxygens (including phenoxy) is 1.